The van der Waals surface area contributed by atoms with Crippen LogP contribution in [0.3, 0.4) is 0 Å². The SMILES string of the molecule is COc1ccc(C(=O)c2ccc(OC)c(F)c2)cc1. The average molecular weight is 260 g/mol. The summed E-state index contributed by atoms with van der Waals surface area (Å²) in [5.41, 5.74) is 0.758. The molecule has 0 spiro atoms. The number of hydrogen-bond acceptors (Lipinski definition) is 3. The van der Waals surface area contributed by atoms with E-state index < -0.39 is 5.82 Å². The van der Waals surface area contributed by atoms with Gasteiger partial charge in [-0.1, -0.05) is 0 Å². The van der Waals surface area contributed by atoms with Crippen molar-refractivity contribution >= 4 is 5.78 Å². The van der Waals surface area contributed by atoms with Crippen molar-refractivity contribution in [1.29, 1.82) is 0 Å². The summed E-state index contributed by atoms with van der Waals surface area (Å²) in [6, 6.07) is 10.8. The van der Waals surface area contributed by atoms with E-state index in [4.69, 9.17) is 9.47 Å². The van der Waals surface area contributed by atoms with Gasteiger partial charge in [-0.15, -0.1) is 0 Å². The minimum Gasteiger partial charge on any atom is -0.497 e. The molecule has 0 aliphatic heterocycles. The Balaban J connectivity index is 2.30. The highest BCUT2D eigenvalue weighted by molar-refractivity contribution is 6.09. The Labute approximate surface area is 110 Å². The molecular weight excluding hydrogens is 247 g/mol. The van der Waals surface area contributed by atoms with E-state index in [-0.39, 0.29) is 17.1 Å². The van der Waals surface area contributed by atoms with E-state index in [1.807, 2.05) is 0 Å². The van der Waals surface area contributed by atoms with Crippen molar-refractivity contribution in [2.75, 3.05) is 14.2 Å². The molecule has 2 aromatic carbocycles. The van der Waals surface area contributed by atoms with Crippen LogP contribution in [0.25, 0.3) is 0 Å². The summed E-state index contributed by atoms with van der Waals surface area (Å²) in [7, 11) is 2.93. The van der Waals surface area contributed by atoms with E-state index in [9.17, 15) is 9.18 Å². The Morgan fingerprint density at radius 1 is 0.947 bits per heavy atom. The molecule has 0 saturated heterocycles. The lowest BCUT2D eigenvalue weighted by Gasteiger charge is -2.05. The number of halogens is 1. The first-order chi connectivity index (χ1) is 9.15. The van der Waals surface area contributed by atoms with E-state index in [1.165, 1.54) is 25.3 Å². The van der Waals surface area contributed by atoms with Gasteiger partial charge in [-0.3, -0.25) is 4.79 Å². The third kappa shape index (κ3) is 2.73. The van der Waals surface area contributed by atoms with Crippen LogP contribution in [0, 0.1) is 5.82 Å². The number of methoxy groups -OCH3 is 2. The van der Waals surface area contributed by atoms with Crippen LogP contribution in [0.2, 0.25) is 0 Å². The molecule has 19 heavy (non-hydrogen) atoms. The van der Waals surface area contributed by atoms with Crippen LogP contribution in [0.4, 0.5) is 4.39 Å². The van der Waals surface area contributed by atoms with Crippen molar-refractivity contribution in [2.45, 2.75) is 0 Å². The quantitative estimate of drug-likeness (QED) is 0.792. The van der Waals surface area contributed by atoms with Gasteiger partial charge >= 0.3 is 0 Å². The number of ether oxygens (including phenoxy) is 2. The molecule has 98 valence electrons. The Hall–Kier alpha value is -2.36. The van der Waals surface area contributed by atoms with Gasteiger partial charge in [-0.25, -0.2) is 4.39 Å². The molecule has 0 heterocycles. The van der Waals surface area contributed by atoms with Crippen molar-refractivity contribution in [3.63, 3.8) is 0 Å². The van der Waals surface area contributed by atoms with Crippen LogP contribution in [-0.4, -0.2) is 20.0 Å². The van der Waals surface area contributed by atoms with Crippen molar-refractivity contribution in [2.24, 2.45) is 0 Å². The highest BCUT2D eigenvalue weighted by Crippen LogP contribution is 2.20. The van der Waals surface area contributed by atoms with Gasteiger partial charge in [0.05, 0.1) is 14.2 Å². The molecular formula is C15H13FO3. The maximum absolute atomic E-state index is 13.5. The molecule has 0 aliphatic rings. The number of rotatable bonds is 4. The summed E-state index contributed by atoms with van der Waals surface area (Å²) >= 11 is 0. The monoisotopic (exact) mass is 260 g/mol. The minimum atomic E-state index is -0.554. The number of carbonyl (C=O) groups excluding carboxylic acids is 1. The van der Waals surface area contributed by atoms with Gasteiger partial charge in [-0.2, -0.15) is 0 Å². The second-order valence-corrected chi connectivity index (χ2v) is 3.91. The predicted molar refractivity (Wildman–Crippen MR) is 69.4 cm³/mol. The maximum Gasteiger partial charge on any atom is 0.193 e. The summed E-state index contributed by atoms with van der Waals surface area (Å²) in [6.45, 7) is 0. The molecule has 0 amide bonds. The molecule has 0 aromatic heterocycles. The van der Waals surface area contributed by atoms with E-state index >= 15 is 0 Å². The molecule has 0 unspecified atom stereocenters. The number of ketones is 1. The first-order valence-corrected chi connectivity index (χ1v) is 5.68. The second kappa shape index (κ2) is 5.52. The molecule has 0 fully saturated rings. The highest BCUT2D eigenvalue weighted by atomic mass is 19.1. The molecule has 0 N–H and O–H groups in total. The Morgan fingerprint density at radius 2 is 1.58 bits per heavy atom. The number of carbonyl (C=O) groups is 1. The fourth-order valence-corrected chi connectivity index (χ4v) is 1.72. The smallest absolute Gasteiger partial charge is 0.193 e. The van der Waals surface area contributed by atoms with Gasteiger partial charge in [0.1, 0.15) is 5.75 Å². The molecule has 4 heteroatoms. The van der Waals surface area contributed by atoms with Crippen LogP contribution in [0.5, 0.6) is 11.5 Å². The lowest BCUT2D eigenvalue weighted by Crippen LogP contribution is -2.02. The first kappa shape index (κ1) is 13.1. The first-order valence-electron chi connectivity index (χ1n) is 5.68. The van der Waals surface area contributed by atoms with Crippen LogP contribution < -0.4 is 9.47 Å². The van der Waals surface area contributed by atoms with Gasteiger partial charge in [0.2, 0.25) is 0 Å². The summed E-state index contributed by atoms with van der Waals surface area (Å²) in [4.78, 5) is 12.1. The molecule has 2 aromatic rings. The minimum absolute atomic E-state index is 0.117. The third-order valence-electron chi connectivity index (χ3n) is 2.77. The largest absolute Gasteiger partial charge is 0.497 e. The standard InChI is InChI=1S/C15H13FO3/c1-18-12-6-3-10(4-7-12)15(17)11-5-8-14(19-2)13(16)9-11/h3-9H,1-2H3. The summed E-state index contributed by atoms with van der Waals surface area (Å²) in [5, 5.41) is 0. The topological polar surface area (TPSA) is 35.5 Å². The fourth-order valence-electron chi connectivity index (χ4n) is 1.72. The normalized spacial score (nSPS) is 10.1. The average Bonchev–Trinajstić information content (AvgIpc) is 2.46. The van der Waals surface area contributed by atoms with Crippen LogP contribution >= 0.6 is 0 Å². The Kier molecular flexibility index (Phi) is 3.80. The lowest BCUT2D eigenvalue weighted by atomic mass is 10.0. The Morgan fingerprint density at radius 3 is 2.11 bits per heavy atom. The van der Waals surface area contributed by atoms with Gasteiger partial charge in [0, 0.05) is 11.1 Å². The molecule has 0 aliphatic carbocycles. The van der Waals surface area contributed by atoms with Crippen LogP contribution in [0.1, 0.15) is 15.9 Å². The second-order valence-electron chi connectivity index (χ2n) is 3.91. The van der Waals surface area contributed by atoms with E-state index in [1.54, 1.807) is 31.4 Å². The van der Waals surface area contributed by atoms with Crippen LogP contribution in [-0.2, 0) is 0 Å². The summed E-state index contributed by atoms with van der Waals surface area (Å²) in [6.07, 6.45) is 0. The van der Waals surface area contributed by atoms with E-state index in [2.05, 4.69) is 0 Å². The maximum atomic E-state index is 13.5. The molecule has 0 saturated carbocycles. The molecule has 0 bridgehead atoms. The summed E-state index contributed by atoms with van der Waals surface area (Å²) in [5.74, 6) is -0.0187. The lowest BCUT2D eigenvalue weighted by molar-refractivity contribution is 0.103. The van der Waals surface area contributed by atoms with Gasteiger partial charge in [-0.05, 0) is 42.5 Å². The number of benzene rings is 2. The third-order valence-corrected chi connectivity index (χ3v) is 2.77. The molecule has 2 rings (SSSR count). The van der Waals surface area contributed by atoms with Crippen molar-refractivity contribution < 1.29 is 18.7 Å². The van der Waals surface area contributed by atoms with Crippen molar-refractivity contribution in [3.05, 3.63) is 59.4 Å². The zero-order chi connectivity index (χ0) is 13.8. The zero-order valence-electron chi connectivity index (χ0n) is 10.6. The molecule has 3 nitrogen and oxygen atoms in total. The fraction of sp³-hybridized carbons (Fsp3) is 0.133. The van der Waals surface area contributed by atoms with Crippen molar-refractivity contribution in [3.8, 4) is 11.5 Å². The van der Waals surface area contributed by atoms with E-state index in [0.29, 0.717) is 11.3 Å². The number of hydrogen-bond donors (Lipinski definition) is 0. The van der Waals surface area contributed by atoms with Crippen LogP contribution in [0.15, 0.2) is 42.5 Å². The zero-order valence-corrected chi connectivity index (χ0v) is 10.6. The molecule has 0 atom stereocenters. The van der Waals surface area contributed by atoms with Gasteiger partial charge in [0.25, 0.3) is 0 Å². The van der Waals surface area contributed by atoms with Gasteiger partial charge in [0.15, 0.2) is 17.3 Å². The molecule has 0 radical (unpaired) electrons. The predicted octanol–water partition coefficient (Wildman–Crippen LogP) is 3.07. The van der Waals surface area contributed by atoms with Crippen molar-refractivity contribution in [1.82, 2.24) is 0 Å². The highest BCUT2D eigenvalue weighted by Gasteiger charge is 2.12. The van der Waals surface area contributed by atoms with E-state index in [0.717, 1.165) is 0 Å². The summed E-state index contributed by atoms with van der Waals surface area (Å²) < 4.78 is 23.4. The Bertz CT molecular complexity index is 591. The van der Waals surface area contributed by atoms with Gasteiger partial charge < -0.3 is 9.47 Å².